The van der Waals surface area contributed by atoms with Crippen molar-refractivity contribution in [2.45, 2.75) is 20.3 Å². The molecule has 2 amide bonds. The Labute approximate surface area is 122 Å². The van der Waals surface area contributed by atoms with Crippen LogP contribution >= 0.6 is 11.6 Å². The molecule has 1 aliphatic rings. The number of hydrogen-bond donors (Lipinski definition) is 3. The Morgan fingerprint density at radius 3 is 2.60 bits per heavy atom. The molecule has 108 valence electrons. The lowest BCUT2D eigenvalue weighted by atomic mass is 10.1. The van der Waals surface area contributed by atoms with Gasteiger partial charge < -0.3 is 15.7 Å². The molecule has 1 aromatic rings. The third-order valence-corrected chi connectivity index (χ3v) is 3.85. The van der Waals surface area contributed by atoms with Gasteiger partial charge in [-0.1, -0.05) is 25.4 Å². The van der Waals surface area contributed by atoms with Gasteiger partial charge in [0, 0.05) is 17.3 Å². The van der Waals surface area contributed by atoms with Gasteiger partial charge in [-0.3, -0.25) is 0 Å². The molecule has 1 aromatic carbocycles. The summed E-state index contributed by atoms with van der Waals surface area (Å²) in [6.45, 7) is 4.94. The maximum absolute atomic E-state index is 11.7. The topological polar surface area (TPSA) is 78.4 Å². The fourth-order valence-electron chi connectivity index (χ4n) is 2.10. The lowest BCUT2D eigenvalue weighted by molar-refractivity contribution is 0.0697. The molecular formula is C14H17ClN2O3. The van der Waals surface area contributed by atoms with Crippen molar-refractivity contribution in [1.29, 1.82) is 0 Å². The highest BCUT2D eigenvalue weighted by Gasteiger charge is 2.45. The van der Waals surface area contributed by atoms with Crippen molar-refractivity contribution in [2.75, 3.05) is 11.9 Å². The summed E-state index contributed by atoms with van der Waals surface area (Å²) in [5, 5.41) is 14.6. The summed E-state index contributed by atoms with van der Waals surface area (Å²) in [4.78, 5) is 22.6. The minimum atomic E-state index is -1.09. The summed E-state index contributed by atoms with van der Waals surface area (Å²) < 4.78 is 0. The predicted octanol–water partition coefficient (Wildman–Crippen LogP) is 3.21. The molecule has 1 fully saturated rings. The molecule has 1 unspecified atom stereocenters. The first kappa shape index (κ1) is 14.7. The van der Waals surface area contributed by atoms with E-state index >= 15 is 0 Å². The van der Waals surface area contributed by atoms with Gasteiger partial charge in [0.1, 0.15) is 0 Å². The van der Waals surface area contributed by atoms with E-state index in [1.165, 1.54) is 18.2 Å². The third kappa shape index (κ3) is 3.63. The quantitative estimate of drug-likeness (QED) is 0.798. The standard InChI is InChI=1S/C14H17ClN2O3/c1-14(2)6-9(14)7-16-13(20)17-11-4-8(12(18)19)3-10(15)5-11/h3-5,9H,6-7H2,1-2H3,(H,18,19)(H2,16,17,20). The van der Waals surface area contributed by atoms with Crippen LogP contribution in [0.4, 0.5) is 10.5 Å². The van der Waals surface area contributed by atoms with Crippen molar-refractivity contribution in [3.63, 3.8) is 0 Å². The van der Waals surface area contributed by atoms with Gasteiger partial charge in [-0.25, -0.2) is 9.59 Å². The molecule has 0 spiro atoms. The molecule has 1 saturated carbocycles. The molecule has 1 aliphatic carbocycles. The summed E-state index contributed by atoms with van der Waals surface area (Å²) >= 11 is 5.82. The molecular weight excluding hydrogens is 280 g/mol. The number of rotatable bonds is 4. The van der Waals surface area contributed by atoms with Crippen LogP contribution < -0.4 is 10.6 Å². The first-order valence-corrected chi connectivity index (χ1v) is 6.74. The average Bonchev–Trinajstić information content (AvgIpc) is 2.93. The van der Waals surface area contributed by atoms with E-state index in [1.54, 1.807) is 0 Å². The van der Waals surface area contributed by atoms with Crippen molar-refractivity contribution in [2.24, 2.45) is 11.3 Å². The monoisotopic (exact) mass is 296 g/mol. The third-order valence-electron chi connectivity index (χ3n) is 3.63. The van der Waals surface area contributed by atoms with E-state index in [4.69, 9.17) is 16.7 Å². The molecule has 0 heterocycles. The molecule has 2 rings (SSSR count). The number of carbonyl (C=O) groups is 2. The van der Waals surface area contributed by atoms with Crippen LogP contribution in [0.5, 0.6) is 0 Å². The van der Waals surface area contributed by atoms with E-state index in [1.807, 2.05) is 0 Å². The van der Waals surface area contributed by atoms with E-state index in [-0.39, 0.29) is 16.6 Å². The minimum Gasteiger partial charge on any atom is -0.478 e. The summed E-state index contributed by atoms with van der Waals surface area (Å²) in [6.07, 6.45) is 1.10. The average molecular weight is 297 g/mol. The van der Waals surface area contributed by atoms with E-state index in [2.05, 4.69) is 24.5 Å². The van der Waals surface area contributed by atoms with Crippen LogP contribution in [-0.4, -0.2) is 23.7 Å². The number of carbonyl (C=O) groups excluding carboxylic acids is 1. The van der Waals surface area contributed by atoms with Crippen molar-refractivity contribution in [3.8, 4) is 0 Å². The van der Waals surface area contributed by atoms with Crippen molar-refractivity contribution >= 4 is 29.3 Å². The van der Waals surface area contributed by atoms with Crippen molar-refractivity contribution in [3.05, 3.63) is 28.8 Å². The maximum Gasteiger partial charge on any atom is 0.335 e. The van der Waals surface area contributed by atoms with Crippen LogP contribution in [0.25, 0.3) is 0 Å². The molecule has 20 heavy (non-hydrogen) atoms. The largest absolute Gasteiger partial charge is 0.478 e. The van der Waals surface area contributed by atoms with E-state index in [9.17, 15) is 9.59 Å². The number of halogens is 1. The van der Waals surface area contributed by atoms with Gasteiger partial charge in [-0.05, 0) is 36.0 Å². The number of aromatic carboxylic acids is 1. The number of carboxylic acid groups (broad SMARTS) is 1. The number of nitrogens with one attached hydrogen (secondary N) is 2. The highest BCUT2D eigenvalue weighted by atomic mass is 35.5. The highest BCUT2D eigenvalue weighted by Crippen LogP contribution is 2.50. The Morgan fingerprint density at radius 2 is 2.05 bits per heavy atom. The molecule has 1 atom stereocenters. The molecule has 0 bridgehead atoms. The SMILES string of the molecule is CC1(C)CC1CNC(=O)Nc1cc(Cl)cc(C(=O)O)c1. The predicted molar refractivity (Wildman–Crippen MR) is 77.3 cm³/mol. The fourth-order valence-corrected chi connectivity index (χ4v) is 2.34. The smallest absolute Gasteiger partial charge is 0.335 e. The number of hydrogen-bond acceptors (Lipinski definition) is 2. The van der Waals surface area contributed by atoms with Gasteiger partial charge >= 0.3 is 12.0 Å². The second kappa shape index (κ2) is 5.32. The van der Waals surface area contributed by atoms with E-state index in [0.29, 0.717) is 23.6 Å². The van der Waals surface area contributed by atoms with Crippen LogP contribution in [0.15, 0.2) is 18.2 Å². The summed E-state index contributed by atoms with van der Waals surface area (Å²) in [6, 6.07) is 3.86. The Bertz CT molecular complexity index is 557. The van der Waals surface area contributed by atoms with Gasteiger partial charge in [0.15, 0.2) is 0 Å². The molecule has 6 heteroatoms. The van der Waals surface area contributed by atoms with Gasteiger partial charge in [0.05, 0.1) is 5.56 Å². The van der Waals surface area contributed by atoms with Crippen LogP contribution in [0.2, 0.25) is 5.02 Å². The van der Waals surface area contributed by atoms with Gasteiger partial charge in [-0.15, -0.1) is 0 Å². The lowest BCUT2D eigenvalue weighted by Gasteiger charge is -2.09. The number of urea groups is 1. The van der Waals surface area contributed by atoms with E-state index in [0.717, 1.165) is 6.42 Å². The summed E-state index contributed by atoms with van der Waals surface area (Å²) in [7, 11) is 0. The number of carboxylic acids is 1. The molecule has 0 saturated heterocycles. The molecule has 3 N–H and O–H groups in total. The Kier molecular flexibility index (Phi) is 3.90. The van der Waals surface area contributed by atoms with Crippen LogP contribution in [-0.2, 0) is 0 Å². The zero-order valence-electron chi connectivity index (χ0n) is 11.4. The second-order valence-electron chi connectivity index (χ2n) is 5.76. The normalized spacial score (nSPS) is 19.2. The number of amides is 2. The van der Waals surface area contributed by atoms with Crippen LogP contribution in [0.3, 0.4) is 0 Å². The van der Waals surface area contributed by atoms with E-state index < -0.39 is 5.97 Å². The van der Waals surface area contributed by atoms with Crippen LogP contribution in [0.1, 0.15) is 30.6 Å². The van der Waals surface area contributed by atoms with Crippen molar-refractivity contribution < 1.29 is 14.7 Å². The lowest BCUT2D eigenvalue weighted by Crippen LogP contribution is -2.31. The summed E-state index contributed by atoms with van der Waals surface area (Å²) in [5.74, 6) is -0.585. The summed E-state index contributed by atoms with van der Waals surface area (Å²) in [5.41, 5.74) is 0.707. The highest BCUT2D eigenvalue weighted by molar-refractivity contribution is 6.31. The van der Waals surface area contributed by atoms with Gasteiger partial charge in [0.2, 0.25) is 0 Å². The molecule has 0 aliphatic heterocycles. The second-order valence-corrected chi connectivity index (χ2v) is 6.19. The Balaban J connectivity index is 1.92. The van der Waals surface area contributed by atoms with Gasteiger partial charge in [-0.2, -0.15) is 0 Å². The zero-order chi connectivity index (χ0) is 14.9. The Morgan fingerprint density at radius 1 is 1.40 bits per heavy atom. The first-order chi connectivity index (χ1) is 9.28. The molecule has 0 radical (unpaired) electrons. The zero-order valence-corrected chi connectivity index (χ0v) is 12.1. The fraction of sp³-hybridized carbons (Fsp3) is 0.429. The van der Waals surface area contributed by atoms with Gasteiger partial charge in [0.25, 0.3) is 0 Å². The number of anilines is 1. The Hall–Kier alpha value is -1.75. The van der Waals surface area contributed by atoms with Crippen molar-refractivity contribution in [1.82, 2.24) is 5.32 Å². The maximum atomic E-state index is 11.7. The van der Waals surface area contributed by atoms with Crippen LogP contribution in [0, 0.1) is 11.3 Å². The minimum absolute atomic E-state index is 0.0381. The molecule has 5 nitrogen and oxygen atoms in total. The first-order valence-electron chi connectivity index (χ1n) is 6.37. The molecule has 0 aromatic heterocycles. The number of benzene rings is 1.